The number of hydrogen-bond acceptors (Lipinski definition) is 3. The molecule has 2 rings (SSSR count). The fourth-order valence-corrected chi connectivity index (χ4v) is 2.10. The summed E-state index contributed by atoms with van der Waals surface area (Å²) in [7, 11) is 0. The van der Waals surface area contributed by atoms with E-state index in [4.69, 9.17) is 0 Å². The van der Waals surface area contributed by atoms with Gasteiger partial charge in [0.15, 0.2) is 0 Å². The van der Waals surface area contributed by atoms with Gasteiger partial charge in [0.05, 0.1) is 6.54 Å². The molecule has 0 aliphatic rings. The van der Waals surface area contributed by atoms with Crippen LogP contribution in [0.2, 0.25) is 0 Å². The summed E-state index contributed by atoms with van der Waals surface area (Å²) in [5.74, 6) is -2.95. The van der Waals surface area contributed by atoms with Crippen LogP contribution in [0.1, 0.15) is 15.9 Å². The molecular weight excluding hydrogens is 363 g/mol. The van der Waals surface area contributed by atoms with Gasteiger partial charge in [-0.3, -0.25) is 14.4 Å². The van der Waals surface area contributed by atoms with E-state index in [1.54, 1.807) is 35.6 Å². The highest BCUT2D eigenvalue weighted by Gasteiger charge is 2.38. The Labute approximate surface area is 152 Å². The zero-order valence-corrected chi connectivity index (χ0v) is 14.0. The number of rotatable bonds is 6. The number of carbonyl (C=O) groups is 3. The quantitative estimate of drug-likeness (QED) is 0.719. The molecule has 0 aromatic heterocycles. The van der Waals surface area contributed by atoms with Crippen LogP contribution in [0.4, 0.5) is 18.9 Å². The molecule has 3 N–H and O–H groups in total. The Morgan fingerprint density at radius 2 is 1.59 bits per heavy atom. The van der Waals surface area contributed by atoms with Crippen LogP contribution in [0.3, 0.4) is 0 Å². The first kappa shape index (κ1) is 20.0. The molecule has 0 atom stereocenters. The number of benzene rings is 2. The number of halogens is 3. The molecule has 142 valence electrons. The largest absolute Gasteiger partial charge is 0.471 e. The van der Waals surface area contributed by atoms with E-state index in [2.05, 4.69) is 10.6 Å². The Hall–Kier alpha value is -3.36. The minimum absolute atomic E-state index is 0.275. The van der Waals surface area contributed by atoms with E-state index >= 15 is 0 Å². The maximum absolute atomic E-state index is 12.2. The smallest absolute Gasteiger partial charge is 0.344 e. The third kappa shape index (κ3) is 6.46. The molecule has 27 heavy (non-hydrogen) atoms. The van der Waals surface area contributed by atoms with Gasteiger partial charge in [-0.25, -0.2) is 0 Å². The second-order valence-electron chi connectivity index (χ2n) is 5.48. The van der Waals surface area contributed by atoms with E-state index in [1.807, 2.05) is 0 Å². The van der Waals surface area contributed by atoms with Crippen molar-refractivity contribution < 1.29 is 27.6 Å². The van der Waals surface area contributed by atoms with Gasteiger partial charge in [-0.2, -0.15) is 13.2 Å². The van der Waals surface area contributed by atoms with E-state index in [0.29, 0.717) is 16.8 Å². The Kier molecular flexibility index (Phi) is 6.53. The van der Waals surface area contributed by atoms with Crippen LogP contribution in [-0.2, 0) is 16.1 Å². The Balaban J connectivity index is 1.85. The van der Waals surface area contributed by atoms with Crippen LogP contribution in [-0.4, -0.2) is 30.4 Å². The average molecular weight is 379 g/mol. The van der Waals surface area contributed by atoms with Gasteiger partial charge in [-0.05, 0) is 29.8 Å². The summed E-state index contributed by atoms with van der Waals surface area (Å²) in [6, 6.07) is 14.3. The SMILES string of the molecule is O=C(CNC(=O)c1ccccc1)Nc1cccc(CNC(=O)C(F)(F)F)c1. The van der Waals surface area contributed by atoms with Gasteiger partial charge < -0.3 is 16.0 Å². The van der Waals surface area contributed by atoms with Gasteiger partial charge in [0, 0.05) is 17.8 Å². The molecule has 0 aliphatic heterocycles. The van der Waals surface area contributed by atoms with Crippen LogP contribution in [0, 0.1) is 0 Å². The summed E-state index contributed by atoms with van der Waals surface area (Å²) >= 11 is 0. The summed E-state index contributed by atoms with van der Waals surface area (Å²) in [6.07, 6.45) is -4.96. The maximum Gasteiger partial charge on any atom is 0.471 e. The standard InChI is InChI=1S/C18H16F3N3O3/c19-18(20,21)17(27)23-10-12-5-4-8-14(9-12)24-15(25)11-22-16(26)13-6-2-1-3-7-13/h1-9H,10-11H2,(H,22,26)(H,23,27)(H,24,25). The fraction of sp³-hybridized carbons (Fsp3) is 0.167. The topological polar surface area (TPSA) is 87.3 Å². The van der Waals surface area contributed by atoms with E-state index in [0.717, 1.165) is 0 Å². The second-order valence-corrected chi connectivity index (χ2v) is 5.48. The molecule has 9 heteroatoms. The normalized spacial score (nSPS) is 10.8. The van der Waals surface area contributed by atoms with E-state index < -0.39 is 23.9 Å². The lowest BCUT2D eigenvalue weighted by atomic mass is 10.2. The lowest BCUT2D eigenvalue weighted by Gasteiger charge is -2.10. The summed E-state index contributed by atoms with van der Waals surface area (Å²) < 4.78 is 36.5. The maximum atomic E-state index is 12.2. The number of nitrogens with one attached hydrogen (secondary N) is 3. The second kappa shape index (κ2) is 8.84. The fourth-order valence-electron chi connectivity index (χ4n) is 2.10. The van der Waals surface area contributed by atoms with Crippen molar-refractivity contribution >= 4 is 23.4 Å². The van der Waals surface area contributed by atoms with Crippen molar-refractivity contribution in [3.63, 3.8) is 0 Å². The highest BCUT2D eigenvalue weighted by molar-refractivity contribution is 5.99. The molecule has 2 aromatic rings. The van der Waals surface area contributed by atoms with Crippen molar-refractivity contribution in [2.24, 2.45) is 0 Å². The van der Waals surface area contributed by atoms with Gasteiger partial charge in [0.25, 0.3) is 5.91 Å². The van der Waals surface area contributed by atoms with E-state index in [9.17, 15) is 27.6 Å². The third-order valence-corrected chi connectivity index (χ3v) is 3.37. The first-order valence-electron chi connectivity index (χ1n) is 7.83. The monoisotopic (exact) mass is 379 g/mol. The van der Waals surface area contributed by atoms with Crippen LogP contribution >= 0.6 is 0 Å². The molecule has 0 spiro atoms. The van der Waals surface area contributed by atoms with Crippen LogP contribution < -0.4 is 16.0 Å². The molecule has 6 nitrogen and oxygen atoms in total. The number of hydrogen-bond donors (Lipinski definition) is 3. The lowest BCUT2D eigenvalue weighted by Crippen LogP contribution is -2.36. The molecule has 0 fully saturated rings. The predicted molar refractivity (Wildman–Crippen MR) is 91.7 cm³/mol. The van der Waals surface area contributed by atoms with Gasteiger partial charge in [0.2, 0.25) is 5.91 Å². The molecule has 2 aromatic carbocycles. The highest BCUT2D eigenvalue weighted by atomic mass is 19.4. The van der Waals surface area contributed by atoms with Gasteiger partial charge in [-0.15, -0.1) is 0 Å². The molecular formula is C18H16F3N3O3. The molecule has 0 saturated heterocycles. The molecule has 0 saturated carbocycles. The van der Waals surface area contributed by atoms with Crippen molar-refractivity contribution in [1.82, 2.24) is 10.6 Å². The summed E-state index contributed by atoms with van der Waals surface area (Å²) in [4.78, 5) is 34.6. The minimum atomic E-state index is -4.96. The van der Waals surface area contributed by atoms with Crippen molar-refractivity contribution in [1.29, 1.82) is 0 Å². The zero-order chi connectivity index (χ0) is 19.9. The Bertz CT molecular complexity index is 823. The van der Waals surface area contributed by atoms with Crippen LogP contribution in [0.15, 0.2) is 54.6 Å². The number of alkyl halides is 3. The number of carbonyl (C=O) groups excluding carboxylic acids is 3. The molecule has 0 unspecified atom stereocenters. The van der Waals surface area contributed by atoms with Crippen molar-refractivity contribution in [2.45, 2.75) is 12.7 Å². The molecule has 0 bridgehead atoms. The summed E-state index contributed by atoms with van der Waals surface area (Å²) in [6.45, 7) is -0.616. The van der Waals surface area contributed by atoms with Crippen LogP contribution in [0.5, 0.6) is 0 Å². The molecule has 0 heterocycles. The lowest BCUT2D eigenvalue weighted by molar-refractivity contribution is -0.173. The van der Waals surface area contributed by atoms with Crippen molar-refractivity contribution in [2.75, 3.05) is 11.9 Å². The average Bonchev–Trinajstić information content (AvgIpc) is 2.64. The zero-order valence-electron chi connectivity index (χ0n) is 14.0. The Morgan fingerprint density at radius 3 is 2.26 bits per heavy atom. The van der Waals surface area contributed by atoms with E-state index in [1.165, 1.54) is 24.3 Å². The molecule has 0 radical (unpaired) electrons. The van der Waals surface area contributed by atoms with Gasteiger partial charge >= 0.3 is 12.1 Å². The Morgan fingerprint density at radius 1 is 0.889 bits per heavy atom. The van der Waals surface area contributed by atoms with Crippen LogP contribution in [0.25, 0.3) is 0 Å². The third-order valence-electron chi connectivity index (χ3n) is 3.37. The summed E-state index contributed by atoms with van der Waals surface area (Å²) in [5, 5.41) is 6.72. The highest BCUT2D eigenvalue weighted by Crippen LogP contribution is 2.15. The number of anilines is 1. The van der Waals surface area contributed by atoms with Crippen molar-refractivity contribution in [3.05, 3.63) is 65.7 Å². The molecule has 0 aliphatic carbocycles. The van der Waals surface area contributed by atoms with Crippen molar-refractivity contribution in [3.8, 4) is 0 Å². The summed E-state index contributed by atoms with van der Waals surface area (Å²) in [5.41, 5.74) is 1.11. The van der Waals surface area contributed by atoms with Gasteiger partial charge in [0.1, 0.15) is 0 Å². The van der Waals surface area contributed by atoms with Gasteiger partial charge in [-0.1, -0.05) is 30.3 Å². The first-order chi connectivity index (χ1) is 12.8. The minimum Gasteiger partial charge on any atom is -0.344 e. The predicted octanol–water partition coefficient (Wildman–Crippen LogP) is 2.23. The molecule has 3 amide bonds. The first-order valence-corrected chi connectivity index (χ1v) is 7.83. The number of amides is 3. The van der Waals surface area contributed by atoms with E-state index in [-0.39, 0.29) is 13.1 Å².